The Balaban J connectivity index is 1.52. The lowest BCUT2D eigenvalue weighted by atomic mass is 9.91. The lowest BCUT2D eigenvalue weighted by molar-refractivity contribution is 0.162. The highest BCUT2D eigenvalue weighted by atomic mass is 32.1. The molecule has 0 spiro atoms. The second-order valence-electron chi connectivity index (χ2n) is 6.65. The van der Waals surface area contributed by atoms with Gasteiger partial charge in [-0.15, -0.1) is 11.3 Å². The Labute approximate surface area is 114 Å². The second kappa shape index (κ2) is 4.95. The molecule has 0 unspecified atom stereocenters. The molecule has 2 aliphatic rings. The molecule has 0 amide bonds. The van der Waals surface area contributed by atoms with Crippen LogP contribution in [-0.4, -0.2) is 30.6 Å². The molecule has 1 aliphatic carbocycles. The van der Waals surface area contributed by atoms with E-state index in [0.29, 0.717) is 5.41 Å². The summed E-state index contributed by atoms with van der Waals surface area (Å²) in [7, 11) is 0. The molecule has 0 atom stereocenters. The maximum absolute atomic E-state index is 3.68. The Bertz CT molecular complexity index is 406. The summed E-state index contributed by atoms with van der Waals surface area (Å²) in [5, 5.41) is 5.92. The van der Waals surface area contributed by atoms with Crippen LogP contribution in [-0.2, 0) is 13.0 Å². The minimum atomic E-state index is 0.385. The molecule has 1 saturated carbocycles. The first-order valence-corrected chi connectivity index (χ1v) is 8.01. The van der Waals surface area contributed by atoms with Crippen LogP contribution in [0.5, 0.6) is 0 Å². The molecular formula is C15H24N2S. The number of hydrogen-bond donors (Lipinski definition) is 1. The van der Waals surface area contributed by atoms with Crippen LogP contribution >= 0.6 is 11.3 Å². The smallest absolute Gasteiger partial charge is 0.0245 e. The van der Waals surface area contributed by atoms with E-state index < -0.39 is 0 Å². The standard InChI is InChI=1S/C15H24N2S/c1-15(2,10-16-13-3-4-13)11-17-7-5-14-12(9-17)6-8-18-14/h6,8,13,16H,3-5,7,9-11H2,1-2H3. The van der Waals surface area contributed by atoms with Crippen molar-refractivity contribution in [2.24, 2.45) is 5.41 Å². The highest BCUT2D eigenvalue weighted by Crippen LogP contribution is 2.27. The van der Waals surface area contributed by atoms with Crippen LogP contribution in [0.2, 0.25) is 0 Å². The number of rotatable bonds is 5. The molecule has 1 fully saturated rings. The first-order valence-electron chi connectivity index (χ1n) is 7.13. The molecule has 2 heterocycles. The van der Waals surface area contributed by atoms with Crippen molar-refractivity contribution in [1.82, 2.24) is 10.2 Å². The van der Waals surface area contributed by atoms with Gasteiger partial charge in [0.2, 0.25) is 0 Å². The number of fused-ring (bicyclic) bond motifs is 1. The number of thiophene rings is 1. The minimum absolute atomic E-state index is 0.385. The third kappa shape index (κ3) is 3.14. The fourth-order valence-corrected chi connectivity index (χ4v) is 3.70. The number of nitrogens with one attached hydrogen (secondary N) is 1. The van der Waals surface area contributed by atoms with Crippen molar-refractivity contribution in [1.29, 1.82) is 0 Å². The Morgan fingerprint density at radius 3 is 3.06 bits per heavy atom. The molecule has 1 aliphatic heterocycles. The number of hydrogen-bond acceptors (Lipinski definition) is 3. The van der Waals surface area contributed by atoms with E-state index in [0.717, 1.165) is 19.1 Å². The van der Waals surface area contributed by atoms with E-state index in [1.54, 1.807) is 10.4 Å². The largest absolute Gasteiger partial charge is 0.313 e. The summed E-state index contributed by atoms with van der Waals surface area (Å²) in [5.74, 6) is 0. The zero-order valence-corrected chi connectivity index (χ0v) is 12.4. The van der Waals surface area contributed by atoms with Crippen molar-refractivity contribution in [3.63, 3.8) is 0 Å². The minimum Gasteiger partial charge on any atom is -0.313 e. The third-order valence-electron chi connectivity index (χ3n) is 3.99. The van der Waals surface area contributed by atoms with Gasteiger partial charge < -0.3 is 5.32 Å². The fourth-order valence-electron chi connectivity index (χ4n) is 2.81. The van der Waals surface area contributed by atoms with Crippen molar-refractivity contribution >= 4 is 11.3 Å². The average Bonchev–Trinajstić information content (AvgIpc) is 3.04. The Kier molecular flexibility index (Phi) is 3.48. The van der Waals surface area contributed by atoms with Gasteiger partial charge in [0.1, 0.15) is 0 Å². The van der Waals surface area contributed by atoms with E-state index in [4.69, 9.17) is 0 Å². The SMILES string of the molecule is CC(C)(CNC1CC1)CN1CCc2sccc2C1. The van der Waals surface area contributed by atoms with Crippen molar-refractivity contribution in [2.45, 2.75) is 45.7 Å². The molecule has 3 rings (SSSR count). The maximum Gasteiger partial charge on any atom is 0.0245 e. The van der Waals surface area contributed by atoms with E-state index in [1.165, 1.54) is 32.4 Å². The van der Waals surface area contributed by atoms with Crippen LogP contribution in [0.15, 0.2) is 11.4 Å². The molecule has 1 aromatic rings. The van der Waals surface area contributed by atoms with Gasteiger partial charge in [-0.1, -0.05) is 13.8 Å². The van der Waals surface area contributed by atoms with Crippen molar-refractivity contribution in [2.75, 3.05) is 19.6 Å². The maximum atomic E-state index is 3.68. The summed E-state index contributed by atoms with van der Waals surface area (Å²) in [6, 6.07) is 3.14. The van der Waals surface area contributed by atoms with Crippen LogP contribution in [0.1, 0.15) is 37.1 Å². The van der Waals surface area contributed by atoms with Crippen molar-refractivity contribution < 1.29 is 0 Å². The summed E-state index contributed by atoms with van der Waals surface area (Å²) in [5.41, 5.74) is 1.95. The quantitative estimate of drug-likeness (QED) is 0.880. The summed E-state index contributed by atoms with van der Waals surface area (Å²) in [4.78, 5) is 4.24. The Hall–Kier alpha value is -0.380. The van der Waals surface area contributed by atoms with Crippen LogP contribution in [0.3, 0.4) is 0 Å². The molecule has 1 aromatic heterocycles. The van der Waals surface area contributed by atoms with Gasteiger partial charge >= 0.3 is 0 Å². The highest BCUT2D eigenvalue weighted by molar-refractivity contribution is 7.10. The first kappa shape index (κ1) is 12.6. The summed E-state index contributed by atoms with van der Waals surface area (Å²) >= 11 is 1.93. The summed E-state index contributed by atoms with van der Waals surface area (Å²) in [6.07, 6.45) is 4.02. The molecule has 1 N–H and O–H groups in total. The van der Waals surface area contributed by atoms with Gasteiger partial charge in [-0.25, -0.2) is 0 Å². The van der Waals surface area contributed by atoms with E-state index in [2.05, 4.69) is 35.5 Å². The van der Waals surface area contributed by atoms with Gasteiger partial charge in [-0.2, -0.15) is 0 Å². The van der Waals surface area contributed by atoms with Gasteiger partial charge in [0.15, 0.2) is 0 Å². The molecule has 0 aromatic carbocycles. The van der Waals surface area contributed by atoms with Gasteiger partial charge in [0.25, 0.3) is 0 Å². The van der Waals surface area contributed by atoms with Crippen LogP contribution in [0, 0.1) is 5.41 Å². The fraction of sp³-hybridized carbons (Fsp3) is 0.733. The van der Waals surface area contributed by atoms with E-state index >= 15 is 0 Å². The van der Waals surface area contributed by atoms with E-state index in [9.17, 15) is 0 Å². The normalized spacial score (nSPS) is 21.0. The molecule has 2 nitrogen and oxygen atoms in total. The second-order valence-corrected chi connectivity index (χ2v) is 7.65. The predicted molar refractivity (Wildman–Crippen MR) is 78.1 cm³/mol. The van der Waals surface area contributed by atoms with Gasteiger partial charge in [0.05, 0.1) is 0 Å². The van der Waals surface area contributed by atoms with Gasteiger partial charge in [-0.05, 0) is 41.7 Å². The molecular weight excluding hydrogens is 240 g/mol. The van der Waals surface area contributed by atoms with Crippen LogP contribution in [0.25, 0.3) is 0 Å². The molecule has 0 bridgehead atoms. The topological polar surface area (TPSA) is 15.3 Å². The van der Waals surface area contributed by atoms with Gasteiger partial charge in [0, 0.05) is 37.1 Å². The third-order valence-corrected chi connectivity index (χ3v) is 5.01. The van der Waals surface area contributed by atoms with Gasteiger partial charge in [-0.3, -0.25) is 4.90 Å². The highest BCUT2D eigenvalue weighted by Gasteiger charge is 2.28. The van der Waals surface area contributed by atoms with Crippen LogP contribution < -0.4 is 5.32 Å². The van der Waals surface area contributed by atoms with Crippen LogP contribution in [0.4, 0.5) is 0 Å². The van der Waals surface area contributed by atoms with E-state index in [-0.39, 0.29) is 0 Å². The molecule has 0 radical (unpaired) electrons. The first-order chi connectivity index (χ1) is 8.62. The van der Waals surface area contributed by atoms with Crippen molar-refractivity contribution in [3.05, 3.63) is 21.9 Å². The Morgan fingerprint density at radius 1 is 1.44 bits per heavy atom. The molecule has 3 heteroatoms. The van der Waals surface area contributed by atoms with Crippen molar-refractivity contribution in [3.8, 4) is 0 Å². The average molecular weight is 264 g/mol. The molecule has 18 heavy (non-hydrogen) atoms. The zero-order chi connectivity index (χ0) is 12.6. The predicted octanol–water partition coefficient (Wildman–Crippen LogP) is 2.88. The molecule has 0 saturated heterocycles. The zero-order valence-electron chi connectivity index (χ0n) is 11.5. The Morgan fingerprint density at radius 2 is 2.28 bits per heavy atom. The molecule has 100 valence electrons. The lowest BCUT2D eigenvalue weighted by Gasteiger charge is -2.35. The number of nitrogens with zero attached hydrogens (tertiary/aromatic N) is 1. The monoisotopic (exact) mass is 264 g/mol. The lowest BCUT2D eigenvalue weighted by Crippen LogP contribution is -2.42. The summed E-state index contributed by atoms with van der Waals surface area (Å²) in [6.45, 7) is 9.55. The summed E-state index contributed by atoms with van der Waals surface area (Å²) < 4.78 is 0. The van der Waals surface area contributed by atoms with E-state index in [1.807, 2.05) is 11.3 Å².